The second-order valence-corrected chi connectivity index (χ2v) is 8.12. The van der Waals surface area contributed by atoms with Gasteiger partial charge < -0.3 is 14.9 Å². The minimum absolute atomic E-state index is 0.113. The second kappa shape index (κ2) is 7.53. The molecule has 2 aromatic heterocycles. The van der Waals surface area contributed by atoms with E-state index < -0.39 is 0 Å². The minimum Gasteiger partial charge on any atom is -0.492 e. The monoisotopic (exact) mass is 391 g/mol. The van der Waals surface area contributed by atoms with Crippen LogP contribution in [-0.4, -0.2) is 52.4 Å². The van der Waals surface area contributed by atoms with E-state index in [0.29, 0.717) is 4.96 Å². The molecule has 0 amide bonds. The molecule has 3 aromatic rings. The molecule has 1 aromatic carbocycles. The maximum absolute atomic E-state index is 14.0. The number of halogens is 1. The number of nitrogens with zero attached hydrogens (tertiary/aromatic N) is 3. The summed E-state index contributed by atoms with van der Waals surface area (Å²) < 4.78 is 15.5. The molecule has 1 aliphatic heterocycles. The van der Waals surface area contributed by atoms with Crippen LogP contribution in [0.5, 0.6) is 5.88 Å². The molecular formula is C19H26FN5OS+2. The Hall–Kier alpha value is -2.03. The Morgan fingerprint density at radius 2 is 2.04 bits per heavy atom. The number of likely N-dealkylation sites (N-methyl/N-ethyl adjacent to an activating group) is 1. The first-order chi connectivity index (χ1) is 13.1. The van der Waals surface area contributed by atoms with Crippen LogP contribution >= 0.6 is 11.3 Å². The fourth-order valence-corrected chi connectivity index (χ4v) is 5.11. The van der Waals surface area contributed by atoms with Gasteiger partial charge in [-0.15, -0.1) is 5.10 Å². The summed E-state index contributed by atoms with van der Waals surface area (Å²) >= 11 is 1.46. The number of piperazine rings is 1. The maximum Gasteiger partial charge on any atom is 0.235 e. The van der Waals surface area contributed by atoms with E-state index in [1.165, 1.54) is 26.8 Å². The summed E-state index contributed by atoms with van der Waals surface area (Å²) in [5, 5.41) is 15.3. The average molecular weight is 392 g/mol. The fraction of sp³-hybridized carbons (Fsp3) is 0.474. The van der Waals surface area contributed by atoms with Gasteiger partial charge in [0.05, 0.1) is 6.54 Å². The van der Waals surface area contributed by atoms with Crippen molar-refractivity contribution in [3.05, 3.63) is 46.3 Å². The van der Waals surface area contributed by atoms with E-state index in [-0.39, 0.29) is 17.7 Å². The van der Waals surface area contributed by atoms with Crippen LogP contribution in [0.4, 0.5) is 4.39 Å². The van der Waals surface area contributed by atoms with Crippen LogP contribution in [-0.2, 0) is 6.42 Å². The highest BCUT2D eigenvalue weighted by molar-refractivity contribution is 7.17. The molecular weight excluding hydrogens is 365 g/mol. The van der Waals surface area contributed by atoms with Gasteiger partial charge in [0, 0.05) is 12.0 Å². The van der Waals surface area contributed by atoms with Crippen LogP contribution in [0.2, 0.25) is 0 Å². The molecule has 27 heavy (non-hydrogen) atoms. The highest BCUT2D eigenvalue weighted by Crippen LogP contribution is 2.35. The smallest absolute Gasteiger partial charge is 0.235 e. The van der Waals surface area contributed by atoms with Gasteiger partial charge in [0.15, 0.2) is 11.9 Å². The largest absolute Gasteiger partial charge is 0.492 e. The van der Waals surface area contributed by atoms with Crippen molar-refractivity contribution in [3.63, 3.8) is 0 Å². The third-order valence-electron chi connectivity index (χ3n) is 5.51. The van der Waals surface area contributed by atoms with Gasteiger partial charge in [-0.2, -0.15) is 4.52 Å². The molecule has 3 N–H and O–H groups in total. The number of hydrogen-bond donors (Lipinski definition) is 3. The van der Waals surface area contributed by atoms with Crippen molar-refractivity contribution >= 4 is 16.3 Å². The average Bonchev–Trinajstić information content (AvgIpc) is 3.22. The van der Waals surface area contributed by atoms with Gasteiger partial charge in [-0.3, -0.25) is 0 Å². The number of aromatic nitrogens is 3. The van der Waals surface area contributed by atoms with E-state index in [0.717, 1.165) is 55.4 Å². The van der Waals surface area contributed by atoms with Gasteiger partial charge in [-0.1, -0.05) is 30.4 Å². The zero-order chi connectivity index (χ0) is 19.0. The summed E-state index contributed by atoms with van der Waals surface area (Å²) in [5.74, 6) is 0.606. The zero-order valence-corrected chi connectivity index (χ0v) is 16.5. The predicted octanol–water partition coefficient (Wildman–Crippen LogP) is 0.0906. The minimum atomic E-state index is -0.248. The summed E-state index contributed by atoms with van der Waals surface area (Å²) in [7, 11) is 0. The third kappa shape index (κ3) is 3.44. The molecule has 144 valence electrons. The summed E-state index contributed by atoms with van der Waals surface area (Å²) in [5.41, 5.74) is 0.889. The van der Waals surface area contributed by atoms with E-state index >= 15 is 0 Å². The quantitative estimate of drug-likeness (QED) is 0.578. The maximum atomic E-state index is 14.0. The van der Waals surface area contributed by atoms with Gasteiger partial charge in [0.25, 0.3) is 0 Å². The van der Waals surface area contributed by atoms with Crippen molar-refractivity contribution in [2.24, 2.45) is 0 Å². The molecule has 0 radical (unpaired) electrons. The van der Waals surface area contributed by atoms with Gasteiger partial charge in [0.2, 0.25) is 10.8 Å². The number of aryl methyl sites for hydroxylation is 1. The van der Waals surface area contributed by atoms with Crippen molar-refractivity contribution in [2.75, 3.05) is 32.7 Å². The van der Waals surface area contributed by atoms with Crippen molar-refractivity contribution in [1.82, 2.24) is 14.6 Å². The number of fused-ring (bicyclic) bond motifs is 1. The normalized spacial score (nSPS) is 21.6. The van der Waals surface area contributed by atoms with Crippen molar-refractivity contribution in [1.29, 1.82) is 0 Å². The Kier molecular flexibility index (Phi) is 5.12. The first-order valence-corrected chi connectivity index (χ1v) is 10.4. The predicted molar refractivity (Wildman–Crippen MR) is 102 cm³/mol. The fourth-order valence-electron chi connectivity index (χ4n) is 3.95. The molecule has 0 bridgehead atoms. The van der Waals surface area contributed by atoms with Crippen molar-refractivity contribution < 1.29 is 19.3 Å². The Balaban J connectivity index is 1.76. The summed E-state index contributed by atoms with van der Waals surface area (Å²) in [6.45, 7) is 9.46. The SMILES string of the molecule is CCc1nc2sc([C@@H](c3cccc(F)c3)[NH+]3CC[NH+](CC)CC3)c(O)n2n1. The molecule has 0 saturated carbocycles. The third-order valence-corrected chi connectivity index (χ3v) is 6.60. The molecule has 0 unspecified atom stereocenters. The molecule has 1 aliphatic rings. The standard InChI is InChI=1S/C19H24FN5OS/c1-3-15-21-19-25(22-15)18(26)17(27-19)16(13-6-5-7-14(20)12-13)24-10-8-23(4-2)9-11-24/h5-7,12,16,26H,3-4,8-11H2,1-2H3/p+2/t16-/m1/s1. The van der Waals surface area contributed by atoms with Crippen molar-refractivity contribution in [3.8, 4) is 5.88 Å². The first kappa shape index (κ1) is 18.3. The van der Waals surface area contributed by atoms with E-state index in [1.54, 1.807) is 17.0 Å². The zero-order valence-electron chi connectivity index (χ0n) is 15.7. The van der Waals surface area contributed by atoms with Crippen LogP contribution < -0.4 is 9.80 Å². The number of quaternary nitrogens is 2. The first-order valence-electron chi connectivity index (χ1n) is 9.61. The lowest BCUT2D eigenvalue weighted by Gasteiger charge is -2.34. The number of benzene rings is 1. The molecule has 8 heteroatoms. The highest BCUT2D eigenvalue weighted by atomic mass is 32.1. The Bertz CT molecular complexity index is 931. The molecule has 3 heterocycles. The Morgan fingerprint density at radius 3 is 2.67 bits per heavy atom. The Morgan fingerprint density at radius 1 is 1.26 bits per heavy atom. The summed E-state index contributed by atoms with van der Waals surface area (Å²) in [4.78, 5) is 8.95. The van der Waals surface area contributed by atoms with Gasteiger partial charge >= 0.3 is 0 Å². The van der Waals surface area contributed by atoms with Crippen LogP contribution in [0.1, 0.15) is 36.2 Å². The number of aromatic hydroxyl groups is 1. The van der Waals surface area contributed by atoms with Crippen molar-refractivity contribution in [2.45, 2.75) is 26.3 Å². The molecule has 4 rings (SSSR count). The molecule has 6 nitrogen and oxygen atoms in total. The Labute approximate surface area is 161 Å². The van der Waals surface area contributed by atoms with E-state index in [2.05, 4.69) is 17.0 Å². The molecule has 0 spiro atoms. The molecule has 1 atom stereocenters. The number of nitrogens with one attached hydrogen (secondary N) is 2. The summed E-state index contributed by atoms with van der Waals surface area (Å²) in [6, 6.07) is 6.63. The number of hydrogen-bond acceptors (Lipinski definition) is 4. The number of thiazole rings is 1. The number of rotatable bonds is 5. The highest BCUT2D eigenvalue weighted by Gasteiger charge is 2.36. The van der Waals surface area contributed by atoms with Gasteiger partial charge in [-0.05, 0) is 19.1 Å². The lowest BCUT2D eigenvalue weighted by atomic mass is 10.0. The lowest BCUT2D eigenvalue weighted by Crippen LogP contribution is -3.28. The van der Waals surface area contributed by atoms with Gasteiger partial charge in [0.1, 0.15) is 36.9 Å². The van der Waals surface area contributed by atoms with Crippen LogP contribution in [0, 0.1) is 5.82 Å². The van der Waals surface area contributed by atoms with Crippen LogP contribution in [0.15, 0.2) is 24.3 Å². The van der Waals surface area contributed by atoms with Crippen LogP contribution in [0.25, 0.3) is 4.96 Å². The topological polar surface area (TPSA) is 59.3 Å². The molecule has 0 aliphatic carbocycles. The van der Waals surface area contributed by atoms with Gasteiger partial charge in [-0.25, -0.2) is 9.37 Å². The molecule has 1 fully saturated rings. The lowest BCUT2D eigenvalue weighted by molar-refractivity contribution is -1.02. The molecule has 1 saturated heterocycles. The second-order valence-electron chi connectivity index (χ2n) is 7.12. The summed E-state index contributed by atoms with van der Waals surface area (Å²) in [6.07, 6.45) is 0.726. The van der Waals surface area contributed by atoms with Crippen LogP contribution in [0.3, 0.4) is 0 Å². The van der Waals surface area contributed by atoms with E-state index in [9.17, 15) is 9.50 Å². The van der Waals surface area contributed by atoms with E-state index in [1.807, 2.05) is 13.0 Å². The van der Waals surface area contributed by atoms with E-state index in [4.69, 9.17) is 0 Å².